The number of nitrogens with zero attached hydrogens (tertiary/aromatic N) is 3. The molecule has 0 saturated heterocycles. The summed E-state index contributed by atoms with van der Waals surface area (Å²) < 4.78 is 1.92. The Kier molecular flexibility index (Phi) is 3.72. The number of hydrogen-bond acceptors (Lipinski definition) is 3. The molecule has 1 aliphatic carbocycles. The van der Waals surface area contributed by atoms with Crippen LogP contribution in [0, 0.1) is 22.7 Å². The fourth-order valence-electron chi connectivity index (χ4n) is 3.05. The van der Waals surface area contributed by atoms with Crippen LogP contribution in [0.15, 0.2) is 12.5 Å². The van der Waals surface area contributed by atoms with Gasteiger partial charge in [-0.2, -0.15) is 5.26 Å². The summed E-state index contributed by atoms with van der Waals surface area (Å²) in [6, 6.07) is 2.39. The normalized spacial score (nSPS) is 29.1. The first-order chi connectivity index (χ1) is 8.66. The minimum Gasteiger partial charge on any atom is -0.385 e. The van der Waals surface area contributed by atoms with Crippen LogP contribution >= 0.6 is 0 Å². The van der Waals surface area contributed by atoms with E-state index in [0.29, 0.717) is 5.92 Å². The summed E-state index contributed by atoms with van der Waals surface area (Å²) >= 11 is 0. The number of aliphatic hydroxyl groups is 1. The van der Waals surface area contributed by atoms with Crippen molar-refractivity contribution in [1.82, 2.24) is 9.55 Å². The maximum atomic E-state index is 10.6. The average Bonchev–Trinajstić information content (AvgIpc) is 3.04. The number of hydrogen-bond donors (Lipinski definition) is 1. The van der Waals surface area contributed by atoms with Crippen molar-refractivity contribution in [3.63, 3.8) is 0 Å². The summed E-state index contributed by atoms with van der Waals surface area (Å²) in [4.78, 5) is 4.08. The molecule has 2 rings (SSSR count). The largest absolute Gasteiger partial charge is 0.385 e. The van der Waals surface area contributed by atoms with Gasteiger partial charge >= 0.3 is 0 Å². The summed E-state index contributed by atoms with van der Waals surface area (Å²) in [7, 11) is 0. The molecule has 0 aliphatic heterocycles. The Balaban J connectivity index is 2.27. The fraction of sp³-hybridized carbons (Fsp3) is 0.714. The van der Waals surface area contributed by atoms with Crippen molar-refractivity contribution >= 4 is 0 Å². The molecule has 0 amide bonds. The van der Waals surface area contributed by atoms with Gasteiger partial charge < -0.3 is 9.67 Å². The van der Waals surface area contributed by atoms with Crippen LogP contribution in [0.5, 0.6) is 0 Å². The highest BCUT2D eigenvalue weighted by Gasteiger charge is 2.46. The lowest BCUT2D eigenvalue weighted by Gasteiger charge is -2.28. The third-order valence-corrected chi connectivity index (χ3v) is 4.34. The van der Waals surface area contributed by atoms with Crippen LogP contribution < -0.4 is 0 Å². The Morgan fingerprint density at radius 1 is 1.67 bits per heavy atom. The molecule has 4 nitrogen and oxygen atoms in total. The van der Waals surface area contributed by atoms with Crippen molar-refractivity contribution in [1.29, 1.82) is 5.26 Å². The van der Waals surface area contributed by atoms with E-state index in [1.807, 2.05) is 11.5 Å². The predicted octanol–water partition coefficient (Wildman–Crippen LogP) is 2.66. The number of aliphatic hydroxyl groups excluding tert-OH is 1. The summed E-state index contributed by atoms with van der Waals surface area (Å²) in [6.07, 6.45) is 6.41. The minimum absolute atomic E-state index is 0.567. The first-order valence-corrected chi connectivity index (χ1v) is 6.76. The zero-order chi connectivity index (χ0) is 13.2. The van der Waals surface area contributed by atoms with Crippen molar-refractivity contribution in [3.8, 4) is 6.07 Å². The molecule has 4 heteroatoms. The van der Waals surface area contributed by atoms with E-state index in [4.69, 9.17) is 0 Å². The van der Waals surface area contributed by atoms with E-state index >= 15 is 0 Å². The number of aryl methyl sites for hydroxylation is 1. The molecule has 3 unspecified atom stereocenters. The van der Waals surface area contributed by atoms with E-state index in [9.17, 15) is 10.4 Å². The molecule has 0 bridgehead atoms. The van der Waals surface area contributed by atoms with Gasteiger partial charge in [-0.05, 0) is 32.1 Å². The first-order valence-electron chi connectivity index (χ1n) is 6.76. The van der Waals surface area contributed by atoms with Crippen molar-refractivity contribution in [2.75, 3.05) is 0 Å². The molecule has 3 atom stereocenters. The van der Waals surface area contributed by atoms with Crippen molar-refractivity contribution in [2.45, 2.75) is 52.2 Å². The van der Waals surface area contributed by atoms with E-state index in [2.05, 4.69) is 18.0 Å². The van der Waals surface area contributed by atoms with Crippen LogP contribution in [0.1, 0.15) is 51.3 Å². The molecule has 1 heterocycles. The summed E-state index contributed by atoms with van der Waals surface area (Å²) in [5.41, 5.74) is 0.156. The highest BCUT2D eigenvalue weighted by Crippen LogP contribution is 2.50. The van der Waals surface area contributed by atoms with Gasteiger partial charge in [0.05, 0.1) is 29.7 Å². The maximum Gasteiger partial charge on any atom is 0.114 e. The van der Waals surface area contributed by atoms with Gasteiger partial charge in [0.15, 0.2) is 0 Å². The Bertz CT molecular complexity index is 448. The second-order valence-electron chi connectivity index (χ2n) is 5.29. The van der Waals surface area contributed by atoms with Gasteiger partial charge in [0, 0.05) is 6.54 Å². The smallest absolute Gasteiger partial charge is 0.114 e. The highest BCUT2D eigenvalue weighted by molar-refractivity contribution is 5.17. The van der Waals surface area contributed by atoms with Gasteiger partial charge in [0.1, 0.15) is 6.10 Å². The molecule has 0 aromatic carbocycles. The van der Waals surface area contributed by atoms with Crippen LogP contribution in [0.3, 0.4) is 0 Å². The molecule has 1 aromatic rings. The molecule has 1 N–H and O–H groups in total. The average molecular weight is 247 g/mol. The van der Waals surface area contributed by atoms with E-state index in [1.165, 1.54) is 0 Å². The quantitative estimate of drug-likeness (QED) is 0.889. The molecule has 0 spiro atoms. The summed E-state index contributed by atoms with van der Waals surface area (Å²) in [5, 5.41) is 20.1. The Morgan fingerprint density at radius 2 is 2.44 bits per heavy atom. The lowest BCUT2D eigenvalue weighted by Crippen LogP contribution is -2.26. The fourth-order valence-corrected chi connectivity index (χ4v) is 3.05. The van der Waals surface area contributed by atoms with Crippen LogP contribution in [0.4, 0.5) is 0 Å². The van der Waals surface area contributed by atoms with Gasteiger partial charge in [-0.3, -0.25) is 0 Å². The maximum absolute atomic E-state index is 10.6. The van der Waals surface area contributed by atoms with Crippen LogP contribution in [0.25, 0.3) is 0 Å². The monoisotopic (exact) mass is 247 g/mol. The number of aromatic nitrogens is 2. The Labute approximate surface area is 108 Å². The highest BCUT2D eigenvalue weighted by atomic mass is 16.3. The molecule has 98 valence electrons. The van der Waals surface area contributed by atoms with Crippen molar-refractivity contribution in [3.05, 3.63) is 18.2 Å². The molecule has 1 aliphatic rings. The van der Waals surface area contributed by atoms with E-state index < -0.39 is 11.5 Å². The van der Waals surface area contributed by atoms with Crippen LogP contribution in [-0.2, 0) is 6.54 Å². The second kappa shape index (κ2) is 5.11. The van der Waals surface area contributed by atoms with Gasteiger partial charge in [-0.1, -0.05) is 13.3 Å². The predicted molar refractivity (Wildman–Crippen MR) is 68.5 cm³/mol. The van der Waals surface area contributed by atoms with Gasteiger partial charge in [0.2, 0.25) is 0 Å². The minimum atomic E-state index is -0.721. The number of rotatable bonds is 4. The van der Waals surface area contributed by atoms with E-state index in [-0.39, 0.29) is 0 Å². The molecule has 1 saturated carbocycles. The molecule has 1 fully saturated rings. The van der Waals surface area contributed by atoms with Crippen molar-refractivity contribution in [2.24, 2.45) is 11.3 Å². The zero-order valence-electron chi connectivity index (χ0n) is 11.1. The first kappa shape index (κ1) is 13.1. The Hall–Kier alpha value is -1.34. The summed E-state index contributed by atoms with van der Waals surface area (Å²) in [5.74, 6) is 0.567. The molecular weight excluding hydrogens is 226 g/mol. The second-order valence-corrected chi connectivity index (χ2v) is 5.29. The molecular formula is C14H21N3O. The van der Waals surface area contributed by atoms with Crippen molar-refractivity contribution < 1.29 is 5.11 Å². The topological polar surface area (TPSA) is 61.8 Å². The summed E-state index contributed by atoms with van der Waals surface area (Å²) in [6.45, 7) is 4.94. The van der Waals surface area contributed by atoms with Crippen LogP contribution in [-0.4, -0.2) is 14.7 Å². The van der Waals surface area contributed by atoms with Crippen LogP contribution in [0.2, 0.25) is 0 Å². The lowest BCUT2D eigenvalue weighted by molar-refractivity contribution is 0.0573. The molecule has 18 heavy (non-hydrogen) atoms. The Morgan fingerprint density at radius 3 is 3.00 bits per heavy atom. The standard InChI is InChI=1S/C14H21N3O/c1-3-11-5-6-14(7-11,9-15)13(18)12-8-16-10-17(12)4-2/h8,10-11,13,18H,3-7H2,1-2H3. The van der Waals surface area contributed by atoms with Gasteiger partial charge in [-0.25, -0.2) is 4.98 Å². The number of nitriles is 1. The van der Waals surface area contributed by atoms with Gasteiger partial charge in [0.25, 0.3) is 0 Å². The molecule has 1 aromatic heterocycles. The lowest BCUT2D eigenvalue weighted by atomic mass is 9.79. The number of imidazole rings is 1. The van der Waals surface area contributed by atoms with E-state index in [1.54, 1.807) is 12.5 Å². The third-order valence-electron chi connectivity index (χ3n) is 4.34. The van der Waals surface area contributed by atoms with Gasteiger partial charge in [-0.15, -0.1) is 0 Å². The molecule has 0 radical (unpaired) electrons. The third kappa shape index (κ3) is 2.04. The van der Waals surface area contributed by atoms with E-state index in [0.717, 1.165) is 37.9 Å². The SMILES string of the molecule is CCC1CCC(C#N)(C(O)c2cncn2CC)C1. The zero-order valence-corrected chi connectivity index (χ0v) is 11.1.